The van der Waals surface area contributed by atoms with Gasteiger partial charge in [-0.05, 0) is 0 Å². The van der Waals surface area contributed by atoms with Crippen LogP contribution in [-0.4, -0.2) is 43.8 Å². The maximum atomic E-state index is 11.6. The van der Waals surface area contributed by atoms with Gasteiger partial charge in [0, 0.05) is 0 Å². The molecule has 22 heavy (non-hydrogen) atoms. The first-order valence-corrected chi connectivity index (χ1v) is 10.00. The molecule has 0 fully saturated rings. The molecule has 118 valence electrons. The van der Waals surface area contributed by atoms with Crippen molar-refractivity contribution in [2.75, 3.05) is 25.2 Å². The minimum absolute atomic E-state index is 0.0617. The van der Waals surface area contributed by atoms with Crippen LogP contribution in [0.5, 0.6) is 11.5 Å². The van der Waals surface area contributed by atoms with Crippen molar-refractivity contribution in [2.24, 2.45) is 0 Å². The van der Waals surface area contributed by atoms with Crippen molar-refractivity contribution in [3.63, 3.8) is 0 Å². The van der Waals surface area contributed by atoms with Crippen molar-refractivity contribution in [1.29, 1.82) is 0 Å². The Morgan fingerprint density at radius 3 is 2.14 bits per heavy atom. The zero-order chi connectivity index (χ0) is 16.2. The summed E-state index contributed by atoms with van der Waals surface area (Å²) in [6.45, 7) is 0. The van der Waals surface area contributed by atoms with Gasteiger partial charge >= 0.3 is 137 Å². The van der Waals surface area contributed by atoms with Crippen molar-refractivity contribution in [2.45, 2.75) is 0 Å². The first-order valence-electron chi connectivity index (χ1n) is 6.39. The van der Waals surface area contributed by atoms with Gasteiger partial charge in [-0.2, -0.15) is 0 Å². The number of rotatable bonds is 6. The van der Waals surface area contributed by atoms with Crippen LogP contribution in [0, 0.1) is 0 Å². The molecule has 1 N–H and O–H groups in total. The molecule has 0 heterocycles. The molecular weight excluding hydrogens is 369 g/mol. The van der Waals surface area contributed by atoms with Gasteiger partial charge in [-0.3, -0.25) is 0 Å². The van der Waals surface area contributed by atoms with Crippen LogP contribution in [0.2, 0.25) is 0 Å². The Kier molecular flexibility index (Phi) is 5.34. The summed E-state index contributed by atoms with van der Waals surface area (Å²) in [4.78, 5) is 0. The molecule has 0 aliphatic heterocycles. The number of hydrogen-bond donors (Lipinski definition) is 1. The fourth-order valence-corrected chi connectivity index (χ4v) is 4.51. The molecular formula is C15H17NO4SSe. The molecule has 0 aliphatic carbocycles. The molecule has 0 saturated heterocycles. The van der Waals surface area contributed by atoms with Crippen LogP contribution < -0.4 is 23.1 Å². The third kappa shape index (κ3) is 4.40. The van der Waals surface area contributed by atoms with Crippen LogP contribution in [0.25, 0.3) is 0 Å². The molecule has 0 aliphatic rings. The van der Waals surface area contributed by atoms with E-state index in [9.17, 15) is 8.42 Å². The van der Waals surface area contributed by atoms with E-state index >= 15 is 0 Å². The second-order valence-corrected chi connectivity index (χ2v) is 8.58. The summed E-state index contributed by atoms with van der Waals surface area (Å²) >= 11 is -0.0617. The van der Waals surface area contributed by atoms with Crippen LogP contribution >= 0.6 is 0 Å². The van der Waals surface area contributed by atoms with E-state index in [1.165, 1.54) is 7.11 Å². The zero-order valence-corrected chi connectivity index (χ0v) is 15.0. The average molecular weight is 386 g/mol. The number of anilines is 1. The van der Waals surface area contributed by atoms with Gasteiger partial charge in [0.05, 0.1) is 0 Å². The molecule has 2 aromatic carbocycles. The van der Waals surface area contributed by atoms with E-state index < -0.39 is 10.0 Å². The fraction of sp³-hybridized carbons (Fsp3) is 0.200. The van der Waals surface area contributed by atoms with E-state index in [1.54, 1.807) is 13.2 Å². The zero-order valence-electron chi connectivity index (χ0n) is 12.5. The van der Waals surface area contributed by atoms with Crippen LogP contribution in [0.1, 0.15) is 0 Å². The Morgan fingerprint density at radius 2 is 1.59 bits per heavy atom. The van der Waals surface area contributed by atoms with E-state index in [0.717, 1.165) is 15.2 Å². The summed E-state index contributed by atoms with van der Waals surface area (Å²) < 4.78 is 38.3. The van der Waals surface area contributed by atoms with Gasteiger partial charge in [0.25, 0.3) is 0 Å². The van der Waals surface area contributed by atoms with Gasteiger partial charge in [0.15, 0.2) is 0 Å². The summed E-state index contributed by atoms with van der Waals surface area (Å²) in [7, 11) is -0.299. The molecule has 0 aromatic heterocycles. The summed E-state index contributed by atoms with van der Waals surface area (Å²) in [5.41, 5.74) is 0.518. The Morgan fingerprint density at radius 1 is 1.00 bits per heavy atom. The van der Waals surface area contributed by atoms with Crippen LogP contribution in [0.3, 0.4) is 0 Å². The number of ether oxygens (including phenoxy) is 2. The Labute approximate surface area is 136 Å². The number of methoxy groups -OCH3 is 2. The second-order valence-electron chi connectivity index (χ2n) is 4.49. The Hall–Kier alpha value is -1.69. The molecule has 0 atom stereocenters. The van der Waals surface area contributed by atoms with Crippen molar-refractivity contribution >= 4 is 39.6 Å². The summed E-state index contributed by atoms with van der Waals surface area (Å²) in [5.74, 6) is 1.07. The predicted molar refractivity (Wildman–Crippen MR) is 89.5 cm³/mol. The Bertz CT molecular complexity index is 748. The summed E-state index contributed by atoms with van der Waals surface area (Å²) in [6, 6.07) is 13.4. The molecule has 5 nitrogen and oxygen atoms in total. The van der Waals surface area contributed by atoms with Gasteiger partial charge in [-0.15, -0.1) is 0 Å². The SMILES string of the molecule is COc1cc(NS(C)(=O)=O)c([Se]c2ccccc2)cc1OC. The second kappa shape index (κ2) is 7.05. The summed E-state index contributed by atoms with van der Waals surface area (Å²) in [5, 5.41) is 0. The van der Waals surface area contributed by atoms with Crippen molar-refractivity contribution in [3.8, 4) is 11.5 Å². The van der Waals surface area contributed by atoms with E-state index in [1.807, 2.05) is 36.4 Å². The van der Waals surface area contributed by atoms with E-state index in [0.29, 0.717) is 17.2 Å². The monoisotopic (exact) mass is 387 g/mol. The number of sulfonamides is 1. The van der Waals surface area contributed by atoms with Gasteiger partial charge in [-0.25, -0.2) is 0 Å². The third-order valence-corrected chi connectivity index (χ3v) is 5.58. The molecule has 0 bridgehead atoms. The van der Waals surface area contributed by atoms with Crippen molar-refractivity contribution in [3.05, 3.63) is 42.5 Å². The molecule has 7 heteroatoms. The first kappa shape index (κ1) is 16.7. The molecule has 0 amide bonds. The molecule has 0 saturated carbocycles. The van der Waals surface area contributed by atoms with Gasteiger partial charge in [-0.1, -0.05) is 0 Å². The number of hydrogen-bond acceptors (Lipinski definition) is 4. The van der Waals surface area contributed by atoms with Gasteiger partial charge < -0.3 is 0 Å². The van der Waals surface area contributed by atoms with Gasteiger partial charge in [0.1, 0.15) is 0 Å². The molecule has 2 rings (SSSR count). The standard InChI is InChI=1S/C15H17NO4SSe/c1-19-13-9-12(16-21(3,17)18)15(10-14(13)20-2)22-11-7-5-4-6-8-11/h4-10,16H,1-3H3. The third-order valence-electron chi connectivity index (χ3n) is 2.75. The topological polar surface area (TPSA) is 64.6 Å². The first-order chi connectivity index (χ1) is 10.4. The van der Waals surface area contributed by atoms with Crippen LogP contribution in [0.4, 0.5) is 5.69 Å². The van der Waals surface area contributed by atoms with Crippen LogP contribution in [-0.2, 0) is 10.0 Å². The number of benzene rings is 2. The van der Waals surface area contributed by atoms with E-state index in [2.05, 4.69) is 4.72 Å². The molecule has 2 aromatic rings. The fourth-order valence-electron chi connectivity index (χ4n) is 1.84. The molecule has 0 unspecified atom stereocenters. The van der Waals surface area contributed by atoms with E-state index in [4.69, 9.17) is 9.47 Å². The average Bonchev–Trinajstić information content (AvgIpc) is 2.48. The van der Waals surface area contributed by atoms with Gasteiger partial charge in [0.2, 0.25) is 0 Å². The normalized spacial score (nSPS) is 11.0. The summed E-state index contributed by atoms with van der Waals surface area (Å²) in [6.07, 6.45) is 1.13. The van der Waals surface area contributed by atoms with Crippen LogP contribution in [0.15, 0.2) is 42.5 Å². The van der Waals surface area contributed by atoms with E-state index in [-0.39, 0.29) is 15.0 Å². The molecule has 0 radical (unpaired) electrons. The van der Waals surface area contributed by atoms with Crippen molar-refractivity contribution < 1.29 is 17.9 Å². The quantitative estimate of drug-likeness (QED) is 0.744. The minimum atomic E-state index is -3.37. The Balaban J connectivity index is 2.48. The van der Waals surface area contributed by atoms with Crippen molar-refractivity contribution in [1.82, 2.24) is 0 Å². The maximum absolute atomic E-state index is 11.6. The predicted octanol–water partition coefficient (Wildman–Crippen LogP) is 0.730. The number of nitrogens with one attached hydrogen (secondary N) is 1. The molecule has 0 spiro atoms.